The summed E-state index contributed by atoms with van der Waals surface area (Å²) in [7, 11) is 0. The van der Waals surface area contributed by atoms with Gasteiger partial charge in [0.2, 0.25) is 0 Å². The smallest absolute Gasteiger partial charge is 0.338 e. The molecule has 0 amide bonds. The molecule has 1 heterocycles. The van der Waals surface area contributed by atoms with Gasteiger partial charge in [0.05, 0.1) is 22.8 Å². The molecule has 0 aromatic heterocycles. The normalized spacial score (nSPS) is 14.8. The number of carbonyl (C=O) groups is 1. The number of nitrogens with zero attached hydrogens (tertiary/aromatic N) is 2. The first kappa shape index (κ1) is 14.4. The van der Waals surface area contributed by atoms with Gasteiger partial charge in [0.15, 0.2) is 5.82 Å². The minimum atomic E-state index is -0.547. The molecule has 0 aliphatic carbocycles. The third kappa shape index (κ3) is 2.94. The molecule has 0 saturated carbocycles. The van der Waals surface area contributed by atoms with Crippen LogP contribution >= 0.6 is 11.6 Å². The molecule has 0 spiro atoms. The standard InChI is InChI=1S/C12H13ClFN3O3/c1-7(2)12(18)19-17-11(15)6-16(20-17)8-3-4-10(14)9(13)5-8/h3-7H,15H2,1-2H3. The average Bonchev–Trinajstić information content (AvgIpc) is 2.74. The van der Waals surface area contributed by atoms with Crippen molar-refractivity contribution in [3.05, 3.63) is 41.1 Å². The number of anilines is 1. The number of hydrogen-bond acceptors (Lipinski definition) is 6. The molecule has 0 saturated heterocycles. The average molecular weight is 302 g/mol. The maximum absolute atomic E-state index is 13.1. The summed E-state index contributed by atoms with van der Waals surface area (Å²) in [6, 6.07) is 3.99. The summed E-state index contributed by atoms with van der Waals surface area (Å²) in [6.07, 6.45) is 1.37. The summed E-state index contributed by atoms with van der Waals surface area (Å²) < 4.78 is 13.1. The van der Waals surface area contributed by atoms with E-state index in [0.29, 0.717) is 5.69 Å². The van der Waals surface area contributed by atoms with Crippen molar-refractivity contribution in [1.29, 1.82) is 0 Å². The second-order valence-electron chi connectivity index (χ2n) is 4.38. The Hall–Kier alpha value is -1.99. The van der Waals surface area contributed by atoms with Gasteiger partial charge in [0.25, 0.3) is 0 Å². The van der Waals surface area contributed by atoms with Crippen LogP contribution in [-0.2, 0) is 14.6 Å². The van der Waals surface area contributed by atoms with Gasteiger partial charge >= 0.3 is 5.97 Å². The molecule has 6 nitrogen and oxygen atoms in total. The molecule has 1 aromatic carbocycles. The number of hydrogen-bond donors (Lipinski definition) is 1. The molecule has 108 valence electrons. The highest BCUT2D eigenvalue weighted by Crippen LogP contribution is 2.27. The van der Waals surface area contributed by atoms with Crippen LogP contribution in [0.3, 0.4) is 0 Å². The van der Waals surface area contributed by atoms with Gasteiger partial charge in [0.1, 0.15) is 5.82 Å². The summed E-state index contributed by atoms with van der Waals surface area (Å²) in [5.41, 5.74) is 6.09. The zero-order valence-electron chi connectivity index (χ0n) is 10.8. The van der Waals surface area contributed by atoms with Crippen molar-refractivity contribution in [2.24, 2.45) is 11.7 Å². The van der Waals surface area contributed by atoms with Crippen LogP contribution < -0.4 is 10.8 Å². The van der Waals surface area contributed by atoms with Crippen LogP contribution in [0.2, 0.25) is 5.02 Å². The summed E-state index contributed by atoms with van der Waals surface area (Å²) >= 11 is 5.68. The molecular weight excluding hydrogens is 289 g/mol. The molecule has 0 radical (unpaired) electrons. The molecule has 1 aromatic rings. The molecule has 0 atom stereocenters. The molecule has 0 unspecified atom stereocenters. The van der Waals surface area contributed by atoms with Crippen molar-refractivity contribution in [3.8, 4) is 0 Å². The summed E-state index contributed by atoms with van der Waals surface area (Å²) in [5.74, 6) is -1.31. The van der Waals surface area contributed by atoms with Gasteiger partial charge < -0.3 is 10.6 Å². The minimum absolute atomic E-state index is 0.0595. The van der Waals surface area contributed by atoms with E-state index >= 15 is 0 Å². The van der Waals surface area contributed by atoms with E-state index in [1.54, 1.807) is 13.8 Å². The van der Waals surface area contributed by atoms with Crippen LogP contribution in [0.15, 0.2) is 30.2 Å². The fraction of sp³-hybridized carbons (Fsp3) is 0.250. The number of benzene rings is 1. The first-order chi connectivity index (χ1) is 9.38. The van der Waals surface area contributed by atoms with E-state index in [4.69, 9.17) is 27.1 Å². The highest BCUT2D eigenvalue weighted by molar-refractivity contribution is 6.31. The summed E-state index contributed by atoms with van der Waals surface area (Å²) in [4.78, 5) is 21.6. The van der Waals surface area contributed by atoms with Gasteiger partial charge in [-0.15, -0.1) is 4.94 Å². The zero-order valence-corrected chi connectivity index (χ0v) is 11.6. The van der Waals surface area contributed by atoms with E-state index in [1.807, 2.05) is 0 Å². The molecule has 0 fully saturated rings. The third-order valence-corrected chi connectivity index (χ3v) is 2.71. The Morgan fingerprint density at radius 2 is 2.20 bits per heavy atom. The summed E-state index contributed by atoms with van der Waals surface area (Å²) in [5, 5.41) is 1.92. The molecule has 8 heteroatoms. The lowest BCUT2D eigenvalue weighted by molar-refractivity contribution is -0.316. The lowest BCUT2D eigenvalue weighted by atomic mass is 10.2. The number of hydroxylamine groups is 3. The van der Waals surface area contributed by atoms with Crippen molar-refractivity contribution in [2.75, 3.05) is 5.06 Å². The van der Waals surface area contributed by atoms with Crippen LogP contribution in [0.4, 0.5) is 10.1 Å². The number of halogens is 2. The highest BCUT2D eigenvalue weighted by atomic mass is 35.5. The number of nitrogens with two attached hydrogens (primary N) is 1. The van der Waals surface area contributed by atoms with Crippen molar-refractivity contribution in [2.45, 2.75) is 13.8 Å². The van der Waals surface area contributed by atoms with E-state index in [9.17, 15) is 9.18 Å². The molecular formula is C12H13ClFN3O3. The monoisotopic (exact) mass is 301 g/mol. The van der Waals surface area contributed by atoms with Gasteiger partial charge in [0, 0.05) is 0 Å². The van der Waals surface area contributed by atoms with Gasteiger partial charge in [-0.2, -0.15) is 5.06 Å². The Bertz CT molecular complexity index is 565. The number of carbonyl (C=O) groups excluding carboxylic acids is 1. The zero-order chi connectivity index (χ0) is 14.9. The second-order valence-corrected chi connectivity index (χ2v) is 4.79. The quantitative estimate of drug-likeness (QED) is 0.924. The highest BCUT2D eigenvalue weighted by Gasteiger charge is 2.27. The fourth-order valence-corrected chi connectivity index (χ4v) is 1.49. The van der Waals surface area contributed by atoms with Crippen molar-refractivity contribution in [3.63, 3.8) is 0 Å². The van der Waals surface area contributed by atoms with Crippen LogP contribution in [0.1, 0.15) is 13.8 Å². The molecule has 0 bridgehead atoms. The summed E-state index contributed by atoms with van der Waals surface area (Å²) in [6.45, 7) is 3.35. The van der Waals surface area contributed by atoms with Crippen LogP contribution in [0, 0.1) is 11.7 Å². The third-order valence-electron chi connectivity index (χ3n) is 2.42. The molecule has 2 N–H and O–H groups in total. The van der Waals surface area contributed by atoms with Crippen LogP contribution in [-0.4, -0.2) is 11.2 Å². The van der Waals surface area contributed by atoms with Crippen LogP contribution in [0.25, 0.3) is 0 Å². The fourth-order valence-electron chi connectivity index (χ4n) is 1.32. The van der Waals surface area contributed by atoms with Gasteiger partial charge in [-0.05, 0) is 23.4 Å². The maximum Gasteiger partial charge on any atom is 0.338 e. The van der Waals surface area contributed by atoms with Gasteiger partial charge in [-0.3, -0.25) is 0 Å². The van der Waals surface area contributed by atoms with E-state index in [-0.39, 0.29) is 16.8 Å². The first-order valence-corrected chi connectivity index (χ1v) is 6.18. The number of rotatable bonds is 3. The Labute approximate surface area is 120 Å². The second kappa shape index (κ2) is 5.56. The predicted molar refractivity (Wildman–Crippen MR) is 70.0 cm³/mol. The van der Waals surface area contributed by atoms with E-state index in [2.05, 4.69) is 0 Å². The largest absolute Gasteiger partial charge is 0.379 e. The van der Waals surface area contributed by atoms with Crippen molar-refractivity contribution >= 4 is 23.3 Å². The van der Waals surface area contributed by atoms with E-state index in [0.717, 1.165) is 5.23 Å². The predicted octanol–water partition coefficient (Wildman–Crippen LogP) is 2.32. The lowest BCUT2D eigenvalue weighted by Gasteiger charge is -2.19. The molecule has 1 aliphatic rings. The van der Waals surface area contributed by atoms with Gasteiger partial charge in [-0.25, -0.2) is 9.18 Å². The topological polar surface area (TPSA) is 68.0 Å². The maximum atomic E-state index is 13.1. The van der Waals surface area contributed by atoms with Gasteiger partial charge in [-0.1, -0.05) is 25.4 Å². The first-order valence-electron chi connectivity index (χ1n) is 5.80. The molecule has 2 rings (SSSR count). The Morgan fingerprint density at radius 3 is 2.80 bits per heavy atom. The van der Waals surface area contributed by atoms with Crippen LogP contribution in [0.5, 0.6) is 0 Å². The Morgan fingerprint density at radius 1 is 1.50 bits per heavy atom. The van der Waals surface area contributed by atoms with Crippen molar-refractivity contribution in [1.82, 2.24) is 5.23 Å². The SMILES string of the molecule is CC(C)C(=O)ON1ON(c2ccc(F)c(Cl)c2)C=C1N. The van der Waals surface area contributed by atoms with E-state index < -0.39 is 11.8 Å². The van der Waals surface area contributed by atoms with E-state index in [1.165, 1.54) is 29.5 Å². The Kier molecular flexibility index (Phi) is 4.01. The Balaban J connectivity index is 2.10. The van der Waals surface area contributed by atoms with Crippen molar-refractivity contribution < 1.29 is 19.0 Å². The minimum Gasteiger partial charge on any atom is -0.379 e. The molecule has 20 heavy (non-hydrogen) atoms. The lowest BCUT2D eigenvalue weighted by Crippen LogP contribution is -2.31. The molecule has 1 aliphatic heterocycles.